The van der Waals surface area contributed by atoms with Gasteiger partial charge in [0.05, 0.1) is 0 Å². The van der Waals surface area contributed by atoms with Crippen molar-refractivity contribution >= 4 is 0 Å². The van der Waals surface area contributed by atoms with Gasteiger partial charge in [-0.2, -0.15) is 0 Å². The van der Waals surface area contributed by atoms with Crippen LogP contribution in [0.2, 0.25) is 0 Å². The highest BCUT2D eigenvalue weighted by atomic mass is 19.2. The van der Waals surface area contributed by atoms with E-state index in [0.717, 1.165) is 0 Å². The van der Waals surface area contributed by atoms with Gasteiger partial charge in [0.25, 0.3) is 0 Å². The van der Waals surface area contributed by atoms with E-state index in [1.807, 2.05) is 0 Å². The molecule has 0 aromatic heterocycles. The summed E-state index contributed by atoms with van der Waals surface area (Å²) < 4.78 is 51.7. The van der Waals surface area contributed by atoms with Gasteiger partial charge in [0.15, 0.2) is 23.3 Å². The standard InChI is InChI=1S/C10H11F4N/c1-2-5(15)3-6-9(13)7(11)4-8(12)10(6)14/h4-5H,2-3,15H2,1H3. The normalized spacial score (nSPS) is 12.9. The minimum atomic E-state index is -1.40. The molecule has 1 atom stereocenters. The van der Waals surface area contributed by atoms with Gasteiger partial charge in [-0.05, 0) is 12.8 Å². The van der Waals surface area contributed by atoms with E-state index in [4.69, 9.17) is 5.73 Å². The van der Waals surface area contributed by atoms with E-state index in [9.17, 15) is 17.6 Å². The summed E-state index contributed by atoms with van der Waals surface area (Å²) >= 11 is 0. The molecule has 84 valence electrons. The van der Waals surface area contributed by atoms with Gasteiger partial charge >= 0.3 is 0 Å². The molecule has 5 heteroatoms. The smallest absolute Gasteiger partial charge is 0.165 e. The minimum absolute atomic E-state index is 0.186. The zero-order valence-corrected chi connectivity index (χ0v) is 8.16. The van der Waals surface area contributed by atoms with E-state index in [2.05, 4.69) is 0 Å². The Labute approximate surface area is 84.9 Å². The number of nitrogens with two attached hydrogens (primary N) is 1. The average Bonchev–Trinajstić information content (AvgIpc) is 2.21. The highest BCUT2D eigenvalue weighted by Crippen LogP contribution is 2.20. The van der Waals surface area contributed by atoms with Crippen LogP contribution in [0.3, 0.4) is 0 Å². The van der Waals surface area contributed by atoms with Crippen molar-refractivity contribution in [2.75, 3.05) is 0 Å². The maximum atomic E-state index is 13.1. The molecule has 0 saturated heterocycles. The molecule has 2 N–H and O–H groups in total. The van der Waals surface area contributed by atoms with E-state index in [0.29, 0.717) is 6.42 Å². The molecule has 0 radical (unpaired) electrons. The van der Waals surface area contributed by atoms with Crippen LogP contribution in [0, 0.1) is 23.3 Å². The summed E-state index contributed by atoms with van der Waals surface area (Å²) in [4.78, 5) is 0. The summed E-state index contributed by atoms with van der Waals surface area (Å²) in [5.74, 6) is -5.52. The summed E-state index contributed by atoms with van der Waals surface area (Å²) in [7, 11) is 0. The van der Waals surface area contributed by atoms with Gasteiger partial charge in [0, 0.05) is 17.7 Å². The van der Waals surface area contributed by atoms with E-state index in [1.165, 1.54) is 0 Å². The summed E-state index contributed by atoms with van der Waals surface area (Å²) in [6, 6.07) is -0.332. The largest absolute Gasteiger partial charge is 0.327 e. The molecule has 1 unspecified atom stereocenters. The van der Waals surface area contributed by atoms with Crippen LogP contribution >= 0.6 is 0 Å². The molecule has 1 aromatic carbocycles. The third-order valence-corrected chi connectivity index (χ3v) is 2.19. The molecule has 1 aromatic rings. The fourth-order valence-corrected chi connectivity index (χ4v) is 1.21. The number of halogens is 4. The molecule has 1 nitrogen and oxygen atoms in total. The van der Waals surface area contributed by atoms with Gasteiger partial charge in [-0.15, -0.1) is 0 Å². The first-order chi connectivity index (χ1) is 6.97. The third-order valence-electron chi connectivity index (χ3n) is 2.19. The molecule has 0 amide bonds. The molecular weight excluding hydrogens is 210 g/mol. The first-order valence-electron chi connectivity index (χ1n) is 4.54. The Morgan fingerprint density at radius 3 is 2.00 bits per heavy atom. The van der Waals surface area contributed by atoms with Gasteiger partial charge in [-0.25, -0.2) is 17.6 Å². The van der Waals surface area contributed by atoms with Crippen LogP contribution in [-0.4, -0.2) is 6.04 Å². The molecular formula is C10H11F4N. The van der Waals surface area contributed by atoms with Crippen LogP contribution in [0.1, 0.15) is 18.9 Å². The molecule has 0 bridgehead atoms. The Balaban J connectivity index is 3.15. The van der Waals surface area contributed by atoms with Crippen molar-refractivity contribution in [1.82, 2.24) is 0 Å². The Hall–Kier alpha value is -1.10. The van der Waals surface area contributed by atoms with Gasteiger partial charge in [0.1, 0.15) is 0 Å². The molecule has 15 heavy (non-hydrogen) atoms. The van der Waals surface area contributed by atoms with Crippen molar-refractivity contribution in [2.45, 2.75) is 25.8 Å². The predicted molar refractivity (Wildman–Crippen MR) is 48.2 cm³/mol. The highest BCUT2D eigenvalue weighted by Gasteiger charge is 2.20. The lowest BCUT2D eigenvalue weighted by atomic mass is 10.0. The fourth-order valence-electron chi connectivity index (χ4n) is 1.21. The van der Waals surface area contributed by atoms with Crippen molar-refractivity contribution in [3.63, 3.8) is 0 Å². The molecule has 0 spiro atoms. The second-order valence-electron chi connectivity index (χ2n) is 3.32. The maximum absolute atomic E-state index is 13.1. The number of benzene rings is 1. The lowest BCUT2D eigenvalue weighted by Crippen LogP contribution is -2.23. The summed E-state index contributed by atoms with van der Waals surface area (Å²) in [6.45, 7) is 1.72. The fraction of sp³-hybridized carbons (Fsp3) is 0.400. The molecule has 1 rings (SSSR count). The highest BCUT2D eigenvalue weighted by molar-refractivity contribution is 5.23. The maximum Gasteiger partial charge on any atom is 0.165 e. The Morgan fingerprint density at radius 2 is 1.60 bits per heavy atom. The van der Waals surface area contributed by atoms with E-state index in [1.54, 1.807) is 6.92 Å². The summed E-state index contributed by atoms with van der Waals surface area (Å²) in [5, 5.41) is 0. The van der Waals surface area contributed by atoms with Gasteiger partial charge in [-0.3, -0.25) is 0 Å². The number of hydrogen-bond acceptors (Lipinski definition) is 1. The van der Waals surface area contributed by atoms with Crippen molar-refractivity contribution in [3.8, 4) is 0 Å². The third kappa shape index (κ3) is 2.47. The van der Waals surface area contributed by atoms with Crippen molar-refractivity contribution < 1.29 is 17.6 Å². The topological polar surface area (TPSA) is 26.0 Å². The van der Waals surface area contributed by atoms with Crippen LogP contribution in [0.5, 0.6) is 0 Å². The SMILES string of the molecule is CCC(N)Cc1c(F)c(F)cc(F)c1F. The van der Waals surface area contributed by atoms with Crippen LogP contribution in [0.25, 0.3) is 0 Å². The second-order valence-corrected chi connectivity index (χ2v) is 3.32. The monoisotopic (exact) mass is 221 g/mol. The van der Waals surface area contributed by atoms with Crippen molar-refractivity contribution in [1.29, 1.82) is 0 Å². The zero-order chi connectivity index (χ0) is 11.6. The van der Waals surface area contributed by atoms with E-state index in [-0.39, 0.29) is 12.5 Å². The quantitative estimate of drug-likeness (QED) is 0.616. The molecule has 0 aliphatic carbocycles. The van der Waals surface area contributed by atoms with Crippen LogP contribution < -0.4 is 5.73 Å². The van der Waals surface area contributed by atoms with E-state index < -0.39 is 34.9 Å². The van der Waals surface area contributed by atoms with Crippen molar-refractivity contribution in [2.24, 2.45) is 5.73 Å². The summed E-state index contributed by atoms with van der Waals surface area (Å²) in [5.41, 5.74) is 4.84. The van der Waals surface area contributed by atoms with E-state index >= 15 is 0 Å². The lowest BCUT2D eigenvalue weighted by molar-refractivity contribution is 0.432. The van der Waals surface area contributed by atoms with Crippen LogP contribution in [0.4, 0.5) is 17.6 Å². The van der Waals surface area contributed by atoms with Gasteiger partial charge in [0.2, 0.25) is 0 Å². The lowest BCUT2D eigenvalue weighted by Gasteiger charge is -2.11. The predicted octanol–water partition coefficient (Wildman–Crippen LogP) is 2.52. The molecule has 0 saturated carbocycles. The Morgan fingerprint density at radius 1 is 1.13 bits per heavy atom. The van der Waals surface area contributed by atoms with Gasteiger partial charge in [-0.1, -0.05) is 6.92 Å². The molecule has 0 fully saturated rings. The number of hydrogen-bond donors (Lipinski definition) is 1. The second kappa shape index (κ2) is 4.61. The van der Waals surface area contributed by atoms with Crippen LogP contribution in [-0.2, 0) is 6.42 Å². The van der Waals surface area contributed by atoms with Crippen molar-refractivity contribution in [3.05, 3.63) is 34.9 Å². The minimum Gasteiger partial charge on any atom is -0.327 e. The average molecular weight is 221 g/mol. The molecule has 0 heterocycles. The first kappa shape index (κ1) is 12.0. The zero-order valence-electron chi connectivity index (χ0n) is 8.16. The first-order valence-corrected chi connectivity index (χ1v) is 4.54. The Bertz CT molecular complexity index is 339. The van der Waals surface area contributed by atoms with Crippen LogP contribution in [0.15, 0.2) is 6.07 Å². The number of rotatable bonds is 3. The molecule has 0 aliphatic heterocycles. The molecule has 0 aliphatic rings. The van der Waals surface area contributed by atoms with Gasteiger partial charge < -0.3 is 5.73 Å². The Kier molecular flexibility index (Phi) is 3.68. The summed E-state index contributed by atoms with van der Waals surface area (Å²) in [6.07, 6.45) is 0.250.